The lowest BCUT2D eigenvalue weighted by molar-refractivity contribution is 0.662. The molecule has 18 heavy (non-hydrogen) atoms. The Kier molecular flexibility index (Phi) is 4.71. The molecule has 2 rings (SSSR count). The van der Waals surface area contributed by atoms with Crippen LogP contribution in [-0.2, 0) is 0 Å². The summed E-state index contributed by atoms with van der Waals surface area (Å²) >= 11 is 12.4. The zero-order valence-corrected chi connectivity index (χ0v) is 12.4. The highest BCUT2D eigenvalue weighted by atomic mass is 35.5. The van der Waals surface area contributed by atoms with Gasteiger partial charge in [0.05, 0.1) is 0 Å². The molecule has 1 aliphatic carbocycles. The van der Waals surface area contributed by atoms with Crippen LogP contribution in [0.5, 0.6) is 0 Å². The molecule has 1 nitrogen and oxygen atoms in total. The highest BCUT2D eigenvalue weighted by Gasteiger charge is 2.21. The number of hydrogen-bond acceptors (Lipinski definition) is 1. The van der Waals surface area contributed by atoms with Gasteiger partial charge in [-0.15, -0.1) is 0 Å². The molecule has 0 saturated heterocycles. The lowest BCUT2D eigenvalue weighted by Gasteiger charge is -2.13. The van der Waals surface area contributed by atoms with Crippen molar-refractivity contribution in [3.63, 3.8) is 0 Å². The second kappa shape index (κ2) is 6.10. The van der Waals surface area contributed by atoms with Crippen LogP contribution in [0.1, 0.15) is 32.3 Å². The maximum Gasteiger partial charge on any atom is 0.0493 e. The van der Waals surface area contributed by atoms with Gasteiger partial charge >= 0.3 is 0 Å². The minimum absolute atomic E-state index is 0.489. The van der Waals surface area contributed by atoms with E-state index in [0.29, 0.717) is 22.0 Å². The molecule has 0 aliphatic heterocycles. The van der Waals surface area contributed by atoms with Gasteiger partial charge in [-0.2, -0.15) is 0 Å². The molecule has 1 aromatic carbocycles. The Morgan fingerprint density at radius 3 is 2.44 bits per heavy atom. The monoisotopic (exact) mass is 283 g/mol. The molecule has 0 aromatic heterocycles. The second-order valence-electron chi connectivity index (χ2n) is 5.16. The molecule has 0 atom stereocenters. The zero-order chi connectivity index (χ0) is 13.1. The van der Waals surface area contributed by atoms with E-state index in [4.69, 9.17) is 23.2 Å². The minimum atomic E-state index is 0.489. The van der Waals surface area contributed by atoms with Crippen LogP contribution in [0.2, 0.25) is 10.0 Å². The Labute approximate surface area is 119 Å². The van der Waals surface area contributed by atoms with Gasteiger partial charge in [0.1, 0.15) is 0 Å². The molecule has 0 heterocycles. The summed E-state index contributed by atoms with van der Waals surface area (Å²) in [6.45, 7) is 5.32. The van der Waals surface area contributed by atoms with Crippen LogP contribution < -0.4 is 5.32 Å². The zero-order valence-electron chi connectivity index (χ0n) is 10.8. The third-order valence-electron chi connectivity index (χ3n) is 3.24. The molecule has 0 spiro atoms. The maximum atomic E-state index is 6.20. The second-order valence-corrected chi connectivity index (χ2v) is 5.98. The summed E-state index contributed by atoms with van der Waals surface area (Å²) in [5, 5.41) is 4.97. The van der Waals surface area contributed by atoms with Crippen molar-refractivity contribution in [3.8, 4) is 0 Å². The van der Waals surface area contributed by atoms with Crippen molar-refractivity contribution in [2.45, 2.75) is 32.7 Å². The molecule has 3 heteroatoms. The molecule has 0 radical (unpaired) electrons. The molecule has 0 unspecified atom stereocenters. The molecule has 0 bridgehead atoms. The largest absolute Gasteiger partial charge is 0.310 e. The van der Waals surface area contributed by atoms with Gasteiger partial charge in [-0.3, -0.25) is 0 Å². The Hall–Kier alpha value is -0.500. The number of rotatable bonds is 5. The van der Waals surface area contributed by atoms with Crippen LogP contribution >= 0.6 is 23.2 Å². The fourth-order valence-corrected chi connectivity index (χ4v) is 2.31. The van der Waals surface area contributed by atoms with Gasteiger partial charge in [0, 0.05) is 28.2 Å². The van der Waals surface area contributed by atoms with Crippen molar-refractivity contribution < 1.29 is 0 Å². The van der Waals surface area contributed by atoms with E-state index in [-0.39, 0.29) is 0 Å². The van der Waals surface area contributed by atoms with E-state index in [1.165, 1.54) is 18.4 Å². The van der Waals surface area contributed by atoms with E-state index in [2.05, 4.69) is 25.2 Å². The van der Waals surface area contributed by atoms with Crippen molar-refractivity contribution in [2.75, 3.05) is 6.54 Å². The van der Waals surface area contributed by atoms with Crippen LogP contribution in [0.25, 0.3) is 6.08 Å². The van der Waals surface area contributed by atoms with E-state index in [1.807, 2.05) is 18.2 Å². The van der Waals surface area contributed by atoms with Gasteiger partial charge < -0.3 is 5.32 Å². The van der Waals surface area contributed by atoms with Gasteiger partial charge in [0.2, 0.25) is 0 Å². The van der Waals surface area contributed by atoms with E-state index in [9.17, 15) is 0 Å². The third kappa shape index (κ3) is 3.74. The Morgan fingerprint density at radius 2 is 1.94 bits per heavy atom. The van der Waals surface area contributed by atoms with Crippen LogP contribution in [0, 0.1) is 5.92 Å². The molecule has 1 saturated carbocycles. The van der Waals surface area contributed by atoms with E-state index in [0.717, 1.165) is 12.1 Å². The van der Waals surface area contributed by atoms with Crippen molar-refractivity contribution in [2.24, 2.45) is 5.92 Å². The molecule has 0 amide bonds. The molecule has 1 fully saturated rings. The number of halogens is 2. The normalized spacial score (nSPS) is 16.4. The number of benzene rings is 1. The summed E-state index contributed by atoms with van der Waals surface area (Å²) in [5.74, 6) is 0.489. The maximum absolute atomic E-state index is 6.20. The summed E-state index contributed by atoms with van der Waals surface area (Å²) in [5.41, 5.74) is 2.28. The highest BCUT2D eigenvalue weighted by molar-refractivity contribution is 6.37. The lowest BCUT2D eigenvalue weighted by Crippen LogP contribution is -2.21. The van der Waals surface area contributed by atoms with Gasteiger partial charge in [-0.1, -0.05) is 54.8 Å². The van der Waals surface area contributed by atoms with Crippen LogP contribution in [0.4, 0.5) is 0 Å². The smallest absolute Gasteiger partial charge is 0.0493 e. The predicted octanol–water partition coefficient (Wildman–Crippen LogP) is 4.78. The standard InChI is InChI=1S/C15H19Cl2N/c1-10(2)11(9-18-12-6-7-12)8-13-14(16)4-3-5-15(13)17/h3-5,8,10,12,18H,6-7,9H2,1-2H3. The lowest BCUT2D eigenvalue weighted by atomic mass is 10.00. The number of hydrogen-bond donors (Lipinski definition) is 1. The third-order valence-corrected chi connectivity index (χ3v) is 3.90. The Morgan fingerprint density at radius 1 is 1.33 bits per heavy atom. The first-order valence-electron chi connectivity index (χ1n) is 6.45. The van der Waals surface area contributed by atoms with Gasteiger partial charge in [0.15, 0.2) is 0 Å². The quantitative estimate of drug-likeness (QED) is 0.820. The molecular formula is C15H19Cl2N. The van der Waals surface area contributed by atoms with E-state index in [1.54, 1.807) is 0 Å². The van der Waals surface area contributed by atoms with Gasteiger partial charge in [-0.05, 0) is 30.9 Å². The van der Waals surface area contributed by atoms with Gasteiger partial charge in [-0.25, -0.2) is 0 Å². The predicted molar refractivity (Wildman–Crippen MR) is 80.3 cm³/mol. The average Bonchev–Trinajstić information content (AvgIpc) is 3.11. The topological polar surface area (TPSA) is 12.0 Å². The van der Waals surface area contributed by atoms with E-state index >= 15 is 0 Å². The van der Waals surface area contributed by atoms with Crippen LogP contribution in [0.15, 0.2) is 23.8 Å². The first-order valence-corrected chi connectivity index (χ1v) is 7.21. The summed E-state index contributed by atoms with van der Waals surface area (Å²) in [7, 11) is 0. The number of nitrogens with one attached hydrogen (secondary N) is 1. The molecule has 1 aromatic rings. The Bertz CT molecular complexity index is 428. The van der Waals surface area contributed by atoms with Crippen LogP contribution in [0.3, 0.4) is 0 Å². The summed E-state index contributed by atoms with van der Waals surface area (Å²) in [4.78, 5) is 0. The first kappa shape index (κ1) is 13.9. The van der Waals surface area contributed by atoms with Crippen molar-refractivity contribution in [1.29, 1.82) is 0 Å². The van der Waals surface area contributed by atoms with Gasteiger partial charge in [0.25, 0.3) is 0 Å². The van der Waals surface area contributed by atoms with Crippen molar-refractivity contribution >= 4 is 29.3 Å². The highest BCUT2D eigenvalue weighted by Crippen LogP contribution is 2.28. The average molecular weight is 284 g/mol. The van der Waals surface area contributed by atoms with E-state index < -0.39 is 0 Å². The molecule has 98 valence electrons. The fourth-order valence-electron chi connectivity index (χ4n) is 1.81. The molecule has 1 aliphatic rings. The first-order chi connectivity index (χ1) is 8.58. The van der Waals surface area contributed by atoms with Crippen molar-refractivity contribution in [3.05, 3.63) is 39.4 Å². The fraction of sp³-hybridized carbons (Fsp3) is 0.467. The molecule has 1 N–H and O–H groups in total. The SMILES string of the molecule is CC(C)C(=Cc1c(Cl)cccc1Cl)CNC1CC1. The Balaban J connectivity index is 2.19. The summed E-state index contributed by atoms with van der Waals surface area (Å²) in [6, 6.07) is 6.35. The molecular weight excluding hydrogens is 265 g/mol. The summed E-state index contributed by atoms with van der Waals surface area (Å²) in [6.07, 6.45) is 4.74. The minimum Gasteiger partial charge on any atom is -0.310 e. The summed E-state index contributed by atoms with van der Waals surface area (Å²) < 4.78 is 0. The van der Waals surface area contributed by atoms with Crippen LogP contribution in [-0.4, -0.2) is 12.6 Å². The van der Waals surface area contributed by atoms with Crippen molar-refractivity contribution in [1.82, 2.24) is 5.32 Å².